The zero-order valence-corrected chi connectivity index (χ0v) is 16.0. The summed E-state index contributed by atoms with van der Waals surface area (Å²) in [6.07, 6.45) is 6.72. The number of hydrogen-bond donors (Lipinski definition) is 0. The van der Waals surface area contributed by atoms with Gasteiger partial charge in [-0.1, -0.05) is 23.8 Å². The van der Waals surface area contributed by atoms with Crippen LogP contribution in [0.1, 0.15) is 35.2 Å². The lowest BCUT2D eigenvalue weighted by molar-refractivity contribution is 0.193. The number of fused-ring (bicyclic) bond motifs is 1. The van der Waals surface area contributed by atoms with E-state index in [2.05, 4.69) is 41.8 Å². The summed E-state index contributed by atoms with van der Waals surface area (Å²) in [5, 5.41) is 4.85. The third-order valence-corrected chi connectivity index (χ3v) is 5.28. The normalized spacial score (nSPS) is 16.8. The number of aryl methyl sites for hydroxylation is 3. The lowest BCUT2D eigenvalue weighted by atomic mass is 10.1. The second kappa shape index (κ2) is 7.20. The molecule has 0 saturated carbocycles. The van der Waals surface area contributed by atoms with E-state index >= 15 is 0 Å². The molecule has 5 rings (SSSR count). The Morgan fingerprint density at radius 1 is 1.07 bits per heavy atom. The predicted octanol–water partition coefficient (Wildman–Crippen LogP) is 3.51. The Hall–Kier alpha value is -2.99. The van der Waals surface area contributed by atoms with Gasteiger partial charge >= 0.3 is 0 Å². The average Bonchev–Trinajstić information content (AvgIpc) is 3.45. The Labute approximate surface area is 163 Å². The van der Waals surface area contributed by atoms with Gasteiger partial charge in [-0.2, -0.15) is 5.10 Å². The molecule has 6 nitrogen and oxygen atoms in total. The van der Waals surface area contributed by atoms with Gasteiger partial charge in [0.25, 0.3) is 0 Å². The Morgan fingerprint density at radius 2 is 1.96 bits per heavy atom. The van der Waals surface area contributed by atoms with Gasteiger partial charge in [0.2, 0.25) is 0 Å². The fourth-order valence-electron chi connectivity index (χ4n) is 3.68. The van der Waals surface area contributed by atoms with Crippen molar-refractivity contribution >= 4 is 5.65 Å². The molecule has 6 heteroatoms. The van der Waals surface area contributed by atoms with E-state index in [0.29, 0.717) is 12.5 Å². The molecule has 0 radical (unpaired) electrons. The van der Waals surface area contributed by atoms with Crippen molar-refractivity contribution in [3.8, 4) is 5.69 Å². The van der Waals surface area contributed by atoms with Crippen molar-refractivity contribution in [1.82, 2.24) is 24.1 Å². The van der Waals surface area contributed by atoms with Crippen LogP contribution in [0.4, 0.5) is 0 Å². The minimum Gasteiger partial charge on any atom is -0.381 e. The molecule has 4 aromatic rings. The number of ether oxygens (including phenoxy) is 1. The van der Waals surface area contributed by atoms with Gasteiger partial charge in [-0.3, -0.25) is 0 Å². The van der Waals surface area contributed by atoms with Crippen molar-refractivity contribution in [2.24, 2.45) is 0 Å². The molecule has 3 aromatic heterocycles. The van der Waals surface area contributed by atoms with E-state index in [0.717, 1.165) is 54.5 Å². The first-order valence-electron chi connectivity index (χ1n) is 9.79. The van der Waals surface area contributed by atoms with Crippen molar-refractivity contribution in [2.75, 3.05) is 13.2 Å². The van der Waals surface area contributed by atoms with Gasteiger partial charge in [0.05, 0.1) is 18.0 Å². The highest BCUT2D eigenvalue weighted by molar-refractivity contribution is 5.39. The fraction of sp³-hybridized carbons (Fsp3) is 0.318. The second-order valence-electron chi connectivity index (χ2n) is 7.39. The summed E-state index contributed by atoms with van der Waals surface area (Å²) in [7, 11) is 0. The lowest BCUT2D eigenvalue weighted by Crippen LogP contribution is -2.05. The Balaban J connectivity index is 1.45. The molecule has 0 bridgehead atoms. The van der Waals surface area contributed by atoms with Crippen LogP contribution in [0.5, 0.6) is 0 Å². The number of pyridine rings is 1. The van der Waals surface area contributed by atoms with Crippen molar-refractivity contribution in [3.05, 3.63) is 77.8 Å². The van der Waals surface area contributed by atoms with Crippen LogP contribution in [0.2, 0.25) is 0 Å². The Morgan fingerprint density at radius 3 is 2.75 bits per heavy atom. The number of imidazole rings is 1. The number of nitrogens with zero attached hydrogens (tertiary/aromatic N) is 5. The van der Waals surface area contributed by atoms with Crippen LogP contribution >= 0.6 is 0 Å². The van der Waals surface area contributed by atoms with Gasteiger partial charge in [0.1, 0.15) is 11.5 Å². The molecule has 1 aliphatic heterocycles. The average molecular weight is 373 g/mol. The first-order chi connectivity index (χ1) is 13.8. The van der Waals surface area contributed by atoms with E-state index in [9.17, 15) is 0 Å². The third-order valence-electron chi connectivity index (χ3n) is 5.28. The number of aromatic nitrogens is 5. The maximum Gasteiger partial charge on any atom is 0.156 e. The highest BCUT2D eigenvalue weighted by atomic mass is 16.5. The molecule has 1 saturated heterocycles. The van der Waals surface area contributed by atoms with Crippen molar-refractivity contribution < 1.29 is 4.74 Å². The predicted molar refractivity (Wildman–Crippen MR) is 107 cm³/mol. The van der Waals surface area contributed by atoms with E-state index in [4.69, 9.17) is 19.8 Å². The first-order valence-corrected chi connectivity index (χ1v) is 9.79. The number of rotatable bonds is 5. The van der Waals surface area contributed by atoms with E-state index in [1.807, 2.05) is 29.1 Å². The Kier molecular flexibility index (Phi) is 4.41. The molecule has 0 amide bonds. The van der Waals surface area contributed by atoms with Crippen LogP contribution in [0, 0.1) is 6.92 Å². The highest BCUT2D eigenvalue weighted by Gasteiger charge is 2.24. The summed E-state index contributed by atoms with van der Waals surface area (Å²) >= 11 is 0. The molecule has 1 fully saturated rings. The highest BCUT2D eigenvalue weighted by Crippen LogP contribution is 2.24. The molecule has 1 atom stereocenters. The summed E-state index contributed by atoms with van der Waals surface area (Å²) in [6, 6.07) is 14.5. The standard InChI is InChI=1S/C22H23N5O/c1-16-5-8-19(9-6-16)27-21(24-22(25-27)17-11-13-28-15-17)10-7-18-14-26-12-3-2-4-20(26)23-18/h2-6,8-9,12,14,17H,7,10-11,13,15H2,1H3/t17-/m1/s1. The van der Waals surface area contributed by atoms with Gasteiger partial charge in [-0.25, -0.2) is 14.6 Å². The van der Waals surface area contributed by atoms with E-state index in [1.165, 1.54) is 5.56 Å². The fourth-order valence-corrected chi connectivity index (χ4v) is 3.68. The van der Waals surface area contributed by atoms with E-state index in [1.54, 1.807) is 0 Å². The van der Waals surface area contributed by atoms with Crippen LogP contribution in [0.25, 0.3) is 11.3 Å². The molecular formula is C22H23N5O. The van der Waals surface area contributed by atoms with Gasteiger partial charge in [0.15, 0.2) is 5.82 Å². The van der Waals surface area contributed by atoms with Crippen molar-refractivity contribution in [3.63, 3.8) is 0 Å². The smallest absolute Gasteiger partial charge is 0.156 e. The van der Waals surface area contributed by atoms with Gasteiger partial charge in [0, 0.05) is 31.3 Å². The van der Waals surface area contributed by atoms with Gasteiger partial charge in [-0.15, -0.1) is 0 Å². The summed E-state index contributed by atoms with van der Waals surface area (Å²) in [6.45, 7) is 3.60. The molecule has 142 valence electrons. The lowest BCUT2D eigenvalue weighted by Gasteiger charge is -2.06. The maximum absolute atomic E-state index is 5.54. The number of hydrogen-bond acceptors (Lipinski definition) is 4. The van der Waals surface area contributed by atoms with Gasteiger partial charge in [-0.05, 0) is 44.0 Å². The summed E-state index contributed by atoms with van der Waals surface area (Å²) in [5.41, 5.74) is 4.32. The van der Waals surface area contributed by atoms with Crippen LogP contribution < -0.4 is 0 Å². The van der Waals surface area contributed by atoms with Crippen LogP contribution in [-0.4, -0.2) is 37.4 Å². The zero-order valence-electron chi connectivity index (χ0n) is 16.0. The van der Waals surface area contributed by atoms with E-state index in [-0.39, 0.29) is 0 Å². The molecule has 0 unspecified atom stereocenters. The quantitative estimate of drug-likeness (QED) is 0.537. The molecule has 0 aliphatic carbocycles. The topological polar surface area (TPSA) is 57.2 Å². The van der Waals surface area contributed by atoms with Crippen molar-refractivity contribution in [1.29, 1.82) is 0 Å². The molecule has 4 heterocycles. The van der Waals surface area contributed by atoms with Crippen LogP contribution in [0.3, 0.4) is 0 Å². The molecule has 1 aromatic carbocycles. The Bertz CT molecular complexity index is 1060. The molecule has 0 spiro atoms. The minimum atomic E-state index is 0.292. The van der Waals surface area contributed by atoms with Crippen LogP contribution in [-0.2, 0) is 17.6 Å². The largest absolute Gasteiger partial charge is 0.381 e. The number of benzene rings is 1. The second-order valence-corrected chi connectivity index (χ2v) is 7.39. The summed E-state index contributed by atoms with van der Waals surface area (Å²) in [4.78, 5) is 9.61. The molecule has 1 aliphatic rings. The SMILES string of the molecule is Cc1ccc(-n2nc([C@@H]3CCOC3)nc2CCc2cn3ccccc3n2)cc1. The summed E-state index contributed by atoms with van der Waals surface area (Å²) < 4.78 is 9.59. The maximum atomic E-state index is 5.54. The zero-order chi connectivity index (χ0) is 18.9. The summed E-state index contributed by atoms with van der Waals surface area (Å²) in [5.74, 6) is 2.16. The minimum absolute atomic E-state index is 0.292. The van der Waals surface area contributed by atoms with Crippen LogP contribution in [0.15, 0.2) is 54.9 Å². The van der Waals surface area contributed by atoms with E-state index < -0.39 is 0 Å². The third kappa shape index (κ3) is 3.31. The monoisotopic (exact) mass is 373 g/mol. The molecule has 28 heavy (non-hydrogen) atoms. The van der Waals surface area contributed by atoms with Crippen molar-refractivity contribution in [2.45, 2.75) is 32.1 Å². The molecule has 0 N–H and O–H groups in total. The molecular weight excluding hydrogens is 350 g/mol. The first kappa shape index (κ1) is 17.1. The van der Waals surface area contributed by atoms with Gasteiger partial charge < -0.3 is 9.14 Å².